The fraction of sp³-hybridized carbons (Fsp3) is 0.372. The lowest BCUT2D eigenvalue weighted by Crippen LogP contribution is -2.42. The van der Waals surface area contributed by atoms with Crippen molar-refractivity contribution in [3.63, 3.8) is 0 Å². The van der Waals surface area contributed by atoms with Crippen LogP contribution in [0.5, 0.6) is 0 Å². The summed E-state index contributed by atoms with van der Waals surface area (Å²) in [5.41, 5.74) is 3.31. The van der Waals surface area contributed by atoms with Crippen molar-refractivity contribution < 1.29 is 124 Å². The molecule has 0 atom stereocenters. The van der Waals surface area contributed by atoms with Gasteiger partial charge in [-0.3, -0.25) is 58.0 Å². The Kier molecular flexibility index (Phi) is 28.5. The Balaban J connectivity index is 0.000000204. The minimum atomic E-state index is -0.509. The molecule has 0 aromatic heterocycles. The number of fused-ring (bicyclic) bond motifs is 4. The lowest BCUT2D eigenvalue weighted by molar-refractivity contribution is -0.140. The van der Waals surface area contributed by atoms with Crippen molar-refractivity contribution in [2.75, 3.05) is 211 Å². The van der Waals surface area contributed by atoms with Gasteiger partial charge >= 0.3 is 11.9 Å². The molecule has 10 aromatic rings. The van der Waals surface area contributed by atoms with E-state index < -0.39 is 59.2 Å². The molecule has 2 N–H and O–H groups in total. The molecular formula is C86H88N4O26. The molecule has 0 radical (unpaired) electrons. The maximum absolute atomic E-state index is 13.9. The Morgan fingerprint density at radius 2 is 0.388 bits per heavy atom. The van der Waals surface area contributed by atoms with E-state index in [-0.39, 0.29) is 145 Å². The third-order valence-corrected chi connectivity index (χ3v) is 20.2. The molecule has 0 spiro atoms. The molecule has 4 heterocycles. The van der Waals surface area contributed by atoms with Crippen LogP contribution in [-0.2, 0) is 75.9 Å². The van der Waals surface area contributed by atoms with Crippen LogP contribution in [0.4, 0.5) is 0 Å². The van der Waals surface area contributed by atoms with E-state index >= 15 is 0 Å². The second kappa shape index (κ2) is 39.7. The first-order chi connectivity index (χ1) is 56.7. The molecule has 608 valence electrons. The fourth-order valence-corrected chi connectivity index (χ4v) is 15.0. The standard InChI is InChI=1S/C46H46N2O14.C40H42N2O12/c1-3-37(49)61-27-25-59-23-21-57-19-17-55-15-13-47-43(51)33-9-5-29-31-7-11-35-42-36(12-8-32(40(31)42)30-6-10-34(44(47)52)41(33)39(29)30)46(54)48(45(35)53)14-16-56-18-20-58-22-24-60-26-28-62-38(50)4-2;43-11-15-51-19-23-53-21-17-49-13-9-41-37(45)29-5-1-25-26-2-6-31-36-32(8-4-28(34(26)36)27-3-7-30(38(41)46)35(29)33(25)27)40(48)42(39(31)47)10-14-50-18-22-54-24-20-52-16-12-44/h3-12H,1-2,13-28H2;1-8,43-44H,9-24H2. The molecule has 4 aliphatic heterocycles. The first kappa shape index (κ1) is 83.2. The molecule has 0 bridgehead atoms. The van der Waals surface area contributed by atoms with Crippen molar-refractivity contribution in [1.82, 2.24) is 19.6 Å². The number of esters is 2. The van der Waals surface area contributed by atoms with Crippen molar-refractivity contribution in [1.29, 1.82) is 0 Å². The van der Waals surface area contributed by atoms with Crippen LogP contribution in [0.25, 0.3) is 86.2 Å². The summed E-state index contributed by atoms with van der Waals surface area (Å²) in [6.07, 6.45) is 2.17. The summed E-state index contributed by atoms with van der Waals surface area (Å²) in [4.78, 5) is 137. The number of imide groups is 4. The molecule has 0 aliphatic carbocycles. The zero-order valence-electron chi connectivity index (χ0n) is 63.9. The van der Waals surface area contributed by atoms with Gasteiger partial charge in [0.1, 0.15) is 13.2 Å². The Hall–Kier alpha value is -10.8. The minimum absolute atomic E-state index is 0.0430. The highest BCUT2D eigenvalue weighted by molar-refractivity contribution is 6.43. The molecule has 0 saturated carbocycles. The largest absolute Gasteiger partial charge is 0.460 e. The van der Waals surface area contributed by atoms with Gasteiger partial charge in [0.25, 0.3) is 47.3 Å². The maximum Gasteiger partial charge on any atom is 0.330 e. The van der Waals surface area contributed by atoms with E-state index in [1.807, 2.05) is 48.5 Å². The predicted octanol–water partition coefficient (Wildman–Crippen LogP) is 7.50. The highest BCUT2D eigenvalue weighted by Crippen LogP contribution is 2.49. The number of amides is 8. The summed E-state index contributed by atoms with van der Waals surface area (Å²) in [6, 6.07) is 28.9. The Morgan fingerprint density at radius 1 is 0.233 bits per heavy atom. The van der Waals surface area contributed by atoms with Gasteiger partial charge in [0.05, 0.1) is 198 Å². The average molecular weight is 1590 g/mol. The van der Waals surface area contributed by atoms with Gasteiger partial charge in [-0.05, 0) is 113 Å². The van der Waals surface area contributed by atoms with Crippen molar-refractivity contribution >= 4 is 145 Å². The quantitative estimate of drug-likeness (QED) is 0.00930. The zero-order valence-corrected chi connectivity index (χ0v) is 63.9. The third kappa shape index (κ3) is 17.6. The molecule has 8 amide bonds. The molecule has 0 fully saturated rings. The number of carbonyl (C=O) groups is 10. The van der Waals surface area contributed by atoms with Gasteiger partial charge in [0, 0.05) is 78.2 Å². The first-order valence-electron chi connectivity index (χ1n) is 38.3. The summed E-state index contributed by atoms with van der Waals surface area (Å²) in [7, 11) is 0. The number of aliphatic hydroxyl groups is 2. The summed E-state index contributed by atoms with van der Waals surface area (Å²) in [5, 5.41) is 29.4. The van der Waals surface area contributed by atoms with E-state index in [4.69, 9.17) is 76.5 Å². The number of rotatable bonds is 48. The topological polar surface area (TPSA) is 353 Å². The van der Waals surface area contributed by atoms with E-state index in [0.717, 1.165) is 76.8 Å². The van der Waals surface area contributed by atoms with E-state index in [9.17, 15) is 47.9 Å². The molecule has 0 saturated heterocycles. The van der Waals surface area contributed by atoms with Crippen LogP contribution in [0.2, 0.25) is 0 Å². The molecule has 30 heteroatoms. The van der Waals surface area contributed by atoms with Crippen molar-refractivity contribution in [3.8, 4) is 0 Å². The van der Waals surface area contributed by atoms with E-state index in [1.54, 1.807) is 48.5 Å². The normalized spacial score (nSPS) is 13.9. The van der Waals surface area contributed by atoms with Crippen LogP contribution in [0.3, 0.4) is 0 Å². The van der Waals surface area contributed by atoms with Gasteiger partial charge in [0.15, 0.2) is 0 Å². The molecule has 30 nitrogen and oxygen atoms in total. The average Bonchev–Trinajstić information content (AvgIpc) is 0.694. The van der Waals surface area contributed by atoms with Crippen LogP contribution in [0.1, 0.15) is 82.9 Å². The lowest BCUT2D eigenvalue weighted by Gasteiger charge is -2.30. The Bertz CT molecular complexity index is 4810. The summed E-state index contributed by atoms with van der Waals surface area (Å²) < 4.78 is 75.1. The summed E-state index contributed by atoms with van der Waals surface area (Å²) in [6.45, 7) is 13.6. The Morgan fingerprint density at radius 3 is 0.552 bits per heavy atom. The third-order valence-electron chi connectivity index (χ3n) is 20.2. The number of hydrogen-bond donors (Lipinski definition) is 2. The highest BCUT2D eigenvalue weighted by Gasteiger charge is 2.40. The minimum Gasteiger partial charge on any atom is -0.460 e. The van der Waals surface area contributed by atoms with Crippen LogP contribution in [0.15, 0.2) is 122 Å². The van der Waals surface area contributed by atoms with E-state index in [2.05, 4.69) is 13.2 Å². The second-order valence-corrected chi connectivity index (χ2v) is 26.9. The molecule has 10 aromatic carbocycles. The number of benzene rings is 10. The zero-order chi connectivity index (χ0) is 81.2. The van der Waals surface area contributed by atoms with Gasteiger partial charge in [-0.1, -0.05) is 61.7 Å². The molecule has 116 heavy (non-hydrogen) atoms. The van der Waals surface area contributed by atoms with Crippen LogP contribution >= 0.6 is 0 Å². The smallest absolute Gasteiger partial charge is 0.330 e. The predicted molar refractivity (Wildman–Crippen MR) is 423 cm³/mol. The van der Waals surface area contributed by atoms with Crippen molar-refractivity contribution in [2.45, 2.75) is 0 Å². The summed E-state index contributed by atoms with van der Waals surface area (Å²) >= 11 is 0. The first-order valence-corrected chi connectivity index (χ1v) is 38.3. The lowest BCUT2D eigenvalue weighted by atomic mass is 9.82. The van der Waals surface area contributed by atoms with Gasteiger partial charge in [-0.2, -0.15) is 0 Å². The number of aliphatic hydroxyl groups excluding tert-OH is 2. The number of carbonyl (C=O) groups excluding carboxylic acids is 10. The Labute approximate surface area is 664 Å². The molecule has 0 unspecified atom stereocenters. The van der Waals surface area contributed by atoms with Crippen LogP contribution < -0.4 is 0 Å². The van der Waals surface area contributed by atoms with Gasteiger partial charge in [-0.25, -0.2) is 9.59 Å². The fourth-order valence-electron chi connectivity index (χ4n) is 15.0. The van der Waals surface area contributed by atoms with Crippen LogP contribution in [-0.4, -0.2) is 300 Å². The van der Waals surface area contributed by atoms with Gasteiger partial charge in [-0.15, -0.1) is 0 Å². The number of nitrogens with zero attached hydrogens (tertiary/aromatic N) is 4. The highest BCUT2D eigenvalue weighted by atomic mass is 16.6. The monoisotopic (exact) mass is 1590 g/mol. The molecule has 4 aliphatic rings. The maximum atomic E-state index is 13.9. The number of ether oxygens (including phenoxy) is 14. The van der Waals surface area contributed by atoms with Gasteiger partial charge in [0.2, 0.25) is 0 Å². The molecular weight excluding hydrogens is 1500 g/mol. The van der Waals surface area contributed by atoms with E-state index in [0.29, 0.717) is 132 Å². The van der Waals surface area contributed by atoms with Crippen molar-refractivity contribution in [2.24, 2.45) is 0 Å². The van der Waals surface area contributed by atoms with Crippen LogP contribution in [0, 0.1) is 0 Å². The number of hydrogen-bond acceptors (Lipinski definition) is 26. The summed E-state index contributed by atoms with van der Waals surface area (Å²) in [5.74, 6) is -4.29. The second-order valence-electron chi connectivity index (χ2n) is 26.9. The van der Waals surface area contributed by atoms with E-state index in [1.165, 1.54) is 19.6 Å². The van der Waals surface area contributed by atoms with Gasteiger partial charge < -0.3 is 76.5 Å². The van der Waals surface area contributed by atoms with Crippen molar-refractivity contribution in [3.05, 3.63) is 167 Å². The SMILES string of the molecule is C=CC(=O)OCCOCCOCCOCCN1C(=O)c2ccc3c4ccc5c6c(ccc(c7ccc(c2c37)C1=O)c64)C(=O)N(CCOCCOCCOCCOC(=O)C=C)C5=O.O=C1c2ccc3c4ccc5c6c(ccc(c7ccc(c2c37)C(=O)N1CCOCCOCCOCCO)c64)C(=O)N(CCOCCOCCOCCO)C5=O. The molecule has 14 rings (SSSR count).